The van der Waals surface area contributed by atoms with E-state index in [-0.39, 0.29) is 12.2 Å². The number of nitrogens with one attached hydrogen (secondary N) is 1. The molecule has 1 atom stereocenters. The van der Waals surface area contributed by atoms with Crippen LogP contribution in [0, 0.1) is 5.82 Å². The molecule has 0 spiro atoms. The number of carbonyl (C=O) groups is 3. The van der Waals surface area contributed by atoms with Gasteiger partial charge in [-0.15, -0.1) is 0 Å². The number of carbonyl (C=O) groups excluding carboxylic acids is 3. The topological polar surface area (TPSA) is 98.5 Å². The van der Waals surface area contributed by atoms with E-state index in [1.54, 1.807) is 24.3 Å². The molecule has 0 heterocycles. The Morgan fingerprint density at radius 2 is 1.68 bits per heavy atom. The smallest absolute Gasteiger partial charge is 0.308 e. The molecule has 0 aliphatic rings. The maximum absolute atomic E-state index is 13.6. The first kappa shape index (κ1) is 18.1. The molecule has 2 aromatic carbocycles. The highest BCUT2D eigenvalue weighted by molar-refractivity contribution is 5.98. The van der Waals surface area contributed by atoms with E-state index in [4.69, 9.17) is 10.5 Å². The molecular weight excluding hydrogens is 327 g/mol. The Morgan fingerprint density at radius 3 is 2.32 bits per heavy atom. The molecule has 2 amide bonds. The van der Waals surface area contributed by atoms with E-state index < -0.39 is 36.1 Å². The molecule has 0 unspecified atom stereocenters. The van der Waals surface area contributed by atoms with E-state index in [2.05, 4.69) is 5.32 Å². The average Bonchev–Trinajstić information content (AvgIpc) is 2.60. The van der Waals surface area contributed by atoms with Crippen molar-refractivity contribution in [1.82, 2.24) is 5.32 Å². The second-order valence-electron chi connectivity index (χ2n) is 5.26. The number of esters is 1. The van der Waals surface area contributed by atoms with Gasteiger partial charge in [0.1, 0.15) is 18.5 Å². The van der Waals surface area contributed by atoms with Crippen molar-refractivity contribution in [2.75, 3.05) is 0 Å². The summed E-state index contributed by atoms with van der Waals surface area (Å²) >= 11 is 0. The second kappa shape index (κ2) is 8.58. The second-order valence-corrected chi connectivity index (χ2v) is 5.26. The number of benzene rings is 2. The minimum Gasteiger partial charge on any atom is -0.461 e. The van der Waals surface area contributed by atoms with Crippen molar-refractivity contribution in [2.45, 2.75) is 19.1 Å². The molecule has 0 aromatic heterocycles. The lowest BCUT2D eigenvalue weighted by molar-refractivity contribution is -0.146. The van der Waals surface area contributed by atoms with Gasteiger partial charge in [-0.1, -0.05) is 42.5 Å². The van der Waals surface area contributed by atoms with Crippen LogP contribution in [0.5, 0.6) is 0 Å². The van der Waals surface area contributed by atoms with Crippen LogP contribution in [0.2, 0.25) is 0 Å². The van der Waals surface area contributed by atoms with Gasteiger partial charge in [0.25, 0.3) is 5.91 Å². The molecule has 0 bridgehead atoms. The van der Waals surface area contributed by atoms with Gasteiger partial charge in [-0.05, 0) is 17.7 Å². The number of amides is 2. The molecule has 25 heavy (non-hydrogen) atoms. The molecule has 6 nitrogen and oxygen atoms in total. The zero-order valence-corrected chi connectivity index (χ0v) is 13.3. The molecule has 2 rings (SSSR count). The van der Waals surface area contributed by atoms with Crippen LogP contribution in [0.1, 0.15) is 22.3 Å². The first-order valence-corrected chi connectivity index (χ1v) is 7.51. The van der Waals surface area contributed by atoms with E-state index in [0.717, 1.165) is 11.6 Å². The fourth-order valence-corrected chi connectivity index (χ4v) is 2.07. The number of primary amides is 1. The molecular formula is C18H17FN2O4. The minimum absolute atomic E-state index is 0.0341. The van der Waals surface area contributed by atoms with E-state index in [1.165, 1.54) is 18.2 Å². The first-order chi connectivity index (χ1) is 12.0. The fourth-order valence-electron chi connectivity index (χ4n) is 2.07. The Morgan fingerprint density at radius 1 is 1.04 bits per heavy atom. The van der Waals surface area contributed by atoms with Crippen molar-refractivity contribution >= 4 is 17.8 Å². The van der Waals surface area contributed by atoms with Crippen molar-refractivity contribution in [2.24, 2.45) is 5.73 Å². The van der Waals surface area contributed by atoms with Gasteiger partial charge in [-0.2, -0.15) is 0 Å². The first-order valence-electron chi connectivity index (χ1n) is 7.51. The van der Waals surface area contributed by atoms with Crippen LogP contribution in [-0.2, 0) is 20.9 Å². The lowest BCUT2D eigenvalue weighted by Crippen LogP contribution is -2.46. The number of hydrogen-bond donors (Lipinski definition) is 2. The molecule has 0 fully saturated rings. The summed E-state index contributed by atoms with van der Waals surface area (Å²) < 4.78 is 18.6. The van der Waals surface area contributed by atoms with E-state index in [1.807, 2.05) is 6.07 Å². The normalized spacial score (nSPS) is 11.4. The third kappa shape index (κ3) is 5.42. The molecule has 0 aliphatic carbocycles. The van der Waals surface area contributed by atoms with Crippen molar-refractivity contribution in [3.8, 4) is 0 Å². The lowest BCUT2D eigenvalue weighted by atomic mass is 10.1. The quantitative estimate of drug-likeness (QED) is 0.744. The summed E-state index contributed by atoms with van der Waals surface area (Å²) in [7, 11) is 0. The van der Waals surface area contributed by atoms with Gasteiger partial charge in [0, 0.05) is 0 Å². The van der Waals surface area contributed by atoms with Gasteiger partial charge in [-0.3, -0.25) is 14.4 Å². The Bertz CT molecular complexity index is 765. The molecule has 0 saturated heterocycles. The van der Waals surface area contributed by atoms with Gasteiger partial charge in [-0.25, -0.2) is 4.39 Å². The standard InChI is InChI=1S/C18H17FN2O4/c19-14-9-5-4-8-13(14)18(24)21-15(17(20)23)10-16(22)25-11-12-6-2-1-3-7-12/h1-9,15H,10-11H2,(H2,20,23)(H,21,24)/t15-/m0/s1. The third-order valence-corrected chi connectivity index (χ3v) is 3.38. The maximum Gasteiger partial charge on any atom is 0.308 e. The molecule has 7 heteroatoms. The largest absolute Gasteiger partial charge is 0.461 e. The molecule has 3 N–H and O–H groups in total. The minimum atomic E-state index is -1.30. The summed E-state index contributed by atoms with van der Waals surface area (Å²) in [6.45, 7) is 0.0341. The predicted octanol–water partition coefficient (Wildman–Crippen LogP) is 1.54. The molecule has 2 aromatic rings. The van der Waals surface area contributed by atoms with Crippen molar-refractivity contribution in [3.05, 3.63) is 71.5 Å². The van der Waals surface area contributed by atoms with Crippen LogP contribution >= 0.6 is 0 Å². The third-order valence-electron chi connectivity index (χ3n) is 3.38. The van der Waals surface area contributed by atoms with Crippen LogP contribution < -0.4 is 11.1 Å². The highest BCUT2D eigenvalue weighted by Crippen LogP contribution is 2.08. The average molecular weight is 344 g/mol. The number of halogens is 1. The maximum atomic E-state index is 13.6. The Kier molecular flexibility index (Phi) is 6.22. The van der Waals surface area contributed by atoms with Crippen LogP contribution in [0.4, 0.5) is 4.39 Å². The van der Waals surface area contributed by atoms with Gasteiger partial charge in [0.15, 0.2) is 0 Å². The van der Waals surface area contributed by atoms with Crippen LogP contribution in [-0.4, -0.2) is 23.8 Å². The Balaban J connectivity index is 1.94. The highest BCUT2D eigenvalue weighted by Gasteiger charge is 2.24. The summed E-state index contributed by atoms with van der Waals surface area (Å²) in [6.07, 6.45) is -0.442. The molecule has 130 valence electrons. The van der Waals surface area contributed by atoms with Crippen LogP contribution in [0.15, 0.2) is 54.6 Å². The summed E-state index contributed by atoms with van der Waals surface area (Å²) in [5.41, 5.74) is 5.74. The summed E-state index contributed by atoms with van der Waals surface area (Å²) in [6, 6.07) is 13.0. The van der Waals surface area contributed by atoms with E-state index >= 15 is 0 Å². The van der Waals surface area contributed by atoms with Crippen molar-refractivity contribution < 1.29 is 23.5 Å². The zero-order valence-electron chi connectivity index (χ0n) is 13.3. The lowest BCUT2D eigenvalue weighted by Gasteiger charge is -2.15. The van der Waals surface area contributed by atoms with Gasteiger partial charge >= 0.3 is 5.97 Å². The van der Waals surface area contributed by atoms with Crippen molar-refractivity contribution in [1.29, 1.82) is 0 Å². The summed E-state index contributed by atoms with van der Waals surface area (Å²) in [4.78, 5) is 35.4. The van der Waals surface area contributed by atoms with Gasteiger partial charge < -0.3 is 15.8 Å². The summed E-state index contributed by atoms with van der Waals surface area (Å²) in [5.74, 6) is -3.20. The van der Waals surface area contributed by atoms with Gasteiger partial charge in [0.05, 0.1) is 12.0 Å². The highest BCUT2D eigenvalue weighted by atomic mass is 19.1. The number of hydrogen-bond acceptors (Lipinski definition) is 4. The molecule has 0 aliphatic heterocycles. The summed E-state index contributed by atoms with van der Waals surface area (Å²) in [5, 5.41) is 2.25. The molecule has 0 radical (unpaired) electrons. The number of nitrogens with two attached hydrogens (primary N) is 1. The zero-order chi connectivity index (χ0) is 18.2. The van der Waals surface area contributed by atoms with Crippen LogP contribution in [0.3, 0.4) is 0 Å². The Hall–Kier alpha value is -3.22. The number of ether oxygens (including phenoxy) is 1. The van der Waals surface area contributed by atoms with E-state index in [0.29, 0.717) is 0 Å². The van der Waals surface area contributed by atoms with E-state index in [9.17, 15) is 18.8 Å². The molecule has 0 saturated carbocycles. The monoisotopic (exact) mass is 344 g/mol. The number of rotatable bonds is 7. The fraction of sp³-hybridized carbons (Fsp3) is 0.167. The predicted molar refractivity (Wildman–Crippen MR) is 87.7 cm³/mol. The SMILES string of the molecule is NC(=O)[C@H](CC(=O)OCc1ccccc1)NC(=O)c1ccccc1F. The Labute approximate surface area is 143 Å². The van der Waals surface area contributed by atoms with Crippen molar-refractivity contribution in [3.63, 3.8) is 0 Å². The van der Waals surface area contributed by atoms with Gasteiger partial charge in [0.2, 0.25) is 5.91 Å². The van der Waals surface area contributed by atoms with Crippen LogP contribution in [0.25, 0.3) is 0 Å².